The fourth-order valence-electron chi connectivity index (χ4n) is 3.01. The first-order valence-electron chi connectivity index (χ1n) is 7.64. The Labute approximate surface area is 147 Å². The number of rotatable bonds is 1. The van der Waals surface area contributed by atoms with E-state index in [2.05, 4.69) is 15.0 Å². The molecule has 2 aromatic carbocycles. The monoisotopic (exact) mass is 381 g/mol. The fraction of sp³-hybridized carbons (Fsp3) is 0.111. The van der Waals surface area contributed by atoms with Crippen molar-refractivity contribution in [2.75, 3.05) is 0 Å². The number of H-pyrrole nitrogens is 1. The highest BCUT2D eigenvalue weighted by Gasteiger charge is 2.37. The molecule has 0 unspecified atom stereocenters. The number of fused-ring (bicyclic) bond motifs is 3. The zero-order valence-electron chi connectivity index (χ0n) is 13.3. The zero-order chi connectivity index (χ0) is 19.4. The van der Waals surface area contributed by atoms with Crippen LogP contribution < -0.4 is 0 Å². The Balaban J connectivity index is 2.07. The lowest BCUT2D eigenvalue weighted by Crippen LogP contribution is -2.11. The largest absolute Gasteiger partial charge is 0.416 e. The van der Waals surface area contributed by atoms with Gasteiger partial charge in [-0.3, -0.25) is 4.98 Å². The van der Waals surface area contributed by atoms with Gasteiger partial charge in [-0.15, -0.1) is 0 Å². The van der Waals surface area contributed by atoms with Gasteiger partial charge >= 0.3 is 12.4 Å². The number of halogens is 6. The van der Waals surface area contributed by atoms with Crippen molar-refractivity contribution >= 4 is 21.8 Å². The molecule has 3 nitrogen and oxygen atoms in total. The van der Waals surface area contributed by atoms with Gasteiger partial charge in [0.25, 0.3) is 0 Å². The van der Waals surface area contributed by atoms with Gasteiger partial charge in [0.05, 0.1) is 23.0 Å². The van der Waals surface area contributed by atoms with Gasteiger partial charge in [-0.25, -0.2) is 4.98 Å². The maximum Gasteiger partial charge on any atom is 0.416 e. The van der Waals surface area contributed by atoms with E-state index in [-0.39, 0.29) is 17.2 Å². The number of aromatic nitrogens is 3. The van der Waals surface area contributed by atoms with Gasteiger partial charge in [-0.2, -0.15) is 26.3 Å². The minimum Gasteiger partial charge on any atom is -0.346 e. The van der Waals surface area contributed by atoms with Gasteiger partial charge in [0.15, 0.2) is 0 Å². The van der Waals surface area contributed by atoms with E-state index >= 15 is 0 Å². The van der Waals surface area contributed by atoms with Crippen LogP contribution in [0.1, 0.15) is 11.1 Å². The third-order valence-electron chi connectivity index (χ3n) is 4.22. The van der Waals surface area contributed by atoms with Gasteiger partial charge < -0.3 is 4.98 Å². The van der Waals surface area contributed by atoms with Crippen molar-refractivity contribution in [3.05, 3.63) is 60.2 Å². The highest BCUT2D eigenvalue weighted by atomic mass is 19.4. The molecule has 27 heavy (non-hydrogen) atoms. The van der Waals surface area contributed by atoms with Crippen LogP contribution >= 0.6 is 0 Å². The van der Waals surface area contributed by atoms with Gasteiger partial charge in [-0.05, 0) is 35.9 Å². The number of aromatic amines is 1. The van der Waals surface area contributed by atoms with E-state index in [4.69, 9.17) is 0 Å². The summed E-state index contributed by atoms with van der Waals surface area (Å²) in [5.41, 5.74) is -1.96. The summed E-state index contributed by atoms with van der Waals surface area (Å²) in [7, 11) is 0. The van der Waals surface area contributed by atoms with Gasteiger partial charge in [0.2, 0.25) is 0 Å². The van der Waals surface area contributed by atoms with Gasteiger partial charge in [0, 0.05) is 34.2 Å². The molecule has 9 heteroatoms. The number of hydrogen-bond donors (Lipinski definition) is 1. The Morgan fingerprint density at radius 1 is 0.815 bits per heavy atom. The second-order valence-corrected chi connectivity index (χ2v) is 5.94. The molecule has 0 spiro atoms. The molecule has 138 valence electrons. The summed E-state index contributed by atoms with van der Waals surface area (Å²) in [4.78, 5) is 10.9. The maximum absolute atomic E-state index is 13.2. The Morgan fingerprint density at radius 2 is 1.48 bits per heavy atom. The van der Waals surface area contributed by atoms with Crippen LogP contribution in [0.3, 0.4) is 0 Å². The lowest BCUT2D eigenvalue weighted by Gasteiger charge is -2.15. The normalized spacial score (nSPS) is 12.8. The van der Waals surface area contributed by atoms with Crippen LogP contribution in [0.25, 0.3) is 32.9 Å². The van der Waals surface area contributed by atoms with E-state index < -0.39 is 23.5 Å². The van der Waals surface area contributed by atoms with Crippen molar-refractivity contribution in [2.24, 2.45) is 0 Å². The molecule has 0 amide bonds. The van der Waals surface area contributed by atoms with Crippen LogP contribution in [-0.2, 0) is 12.4 Å². The third kappa shape index (κ3) is 2.98. The van der Waals surface area contributed by atoms with Crippen molar-refractivity contribution in [1.82, 2.24) is 15.0 Å². The number of nitrogens with zero attached hydrogens (tertiary/aromatic N) is 2. The summed E-state index contributed by atoms with van der Waals surface area (Å²) < 4.78 is 79.0. The first kappa shape index (κ1) is 17.3. The Morgan fingerprint density at radius 3 is 2.11 bits per heavy atom. The van der Waals surface area contributed by atoms with E-state index in [1.165, 1.54) is 18.6 Å². The summed E-state index contributed by atoms with van der Waals surface area (Å²) >= 11 is 0. The van der Waals surface area contributed by atoms with Crippen molar-refractivity contribution in [1.29, 1.82) is 0 Å². The lowest BCUT2D eigenvalue weighted by molar-refractivity contribution is -0.143. The van der Waals surface area contributed by atoms with Crippen LogP contribution in [-0.4, -0.2) is 15.0 Å². The molecule has 4 aromatic rings. The van der Waals surface area contributed by atoms with Crippen molar-refractivity contribution in [2.45, 2.75) is 12.4 Å². The van der Waals surface area contributed by atoms with Gasteiger partial charge in [-0.1, -0.05) is 0 Å². The standard InChI is InChI=1S/C18H9F6N3/c19-17(20,21)10-3-9(4-11(5-10)18(22,23)24)13-6-15-14(7-25-8-27-15)12-1-2-26-16(12)13/h1-8H,(H,25,27). The summed E-state index contributed by atoms with van der Waals surface area (Å²) in [6.45, 7) is 0. The topological polar surface area (TPSA) is 41.6 Å². The fourth-order valence-corrected chi connectivity index (χ4v) is 3.01. The lowest BCUT2D eigenvalue weighted by atomic mass is 9.96. The minimum absolute atomic E-state index is 0.107. The smallest absolute Gasteiger partial charge is 0.346 e. The quantitative estimate of drug-likeness (QED) is 0.423. The van der Waals surface area contributed by atoms with E-state index in [0.717, 1.165) is 0 Å². The van der Waals surface area contributed by atoms with Crippen molar-refractivity contribution < 1.29 is 26.3 Å². The van der Waals surface area contributed by atoms with E-state index in [1.807, 2.05) is 0 Å². The second-order valence-electron chi connectivity index (χ2n) is 5.94. The molecule has 0 aliphatic heterocycles. The van der Waals surface area contributed by atoms with Crippen LogP contribution in [0.5, 0.6) is 0 Å². The molecule has 0 atom stereocenters. The molecule has 0 saturated heterocycles. The average molecular weight is 381 g/mol. The molecule has 0 aliphatic rings. The van der Waals surface area contributed by atoms with E-state index in [9.17, 15) is 26.3 Å². The summed E-state index contributed by atoms with van der Waals surface area (Å²) in [6, 6.07) is 4.62. The average Bonchev–Trinajstić information content (AvgIpc) is 3.09. The molecular formula is C18H9F6N3. The number of nitrogens with one attached hydrogen (secondary N) is 1. The molecule has 2 heterocycles. The van der Waals surface area contributed by atoms with Crippen LogP contribution in [0.4, 0.5) is 26.3 Å². The highest BCUT2D eigenvalue weighted by Crippen LogP contribution is 2.40. The predicted octanol–water partition coefficient (Wildman–Crippen LogP) is 5.82. The third-order valence-corrected chi connectivity index (χ3v) is 4.22. The molecular weight excluding hydrogens is 372 g/mol. The molecule has 0 aliphatic carbocycles. The van der Waals surface area contributed by atoms with E-state index in [0.29, 0.717) is 33.9 Å². The maximum atomic E-state index is 13.2. The van der Waals surface area contributed by atoms with Crippen molar-refractivity contribution in [3.63, 3.8) is 0 Å². The Bertz CT molecular complexity index is 1130. The molecule has 2 aromatic heterocycles. The van der Waals surface area contributed by atoms with E-state index in [1.54, 1.807) is 12.3 Å². The molecule has 0 fully saturated rings. The summed E-state index contributed by atoms with van der Waals surface area (Å²) in [5, 5.41) is 1.24. The number of alkyl halides is 6. The second kappa shape index (κ2) is 5.70. The predicted molar refractivity (Wildman–Crippen MR) is 86.8 cm³/mol. The number of benzene rings is 2. The van der Waals surface area contributed by atoms with Crippen LogP contribution in [0.15, 0.2) is 49.1 Å². The number of hydrogen-bond acceptors (Lipinski definition) is 2. The molecule has 4 rings (SSSR count). The summed E-state index contributed by atoms with van der Waals surface area (Å²) in [6.07, 6.45) is -5.46. The molecule has 1 N–H and O–H groups in total. The molecule has 0 saturated carbocycles. The highest BCUT2D eigenvalue weighted by molar-refractivity contribution is 6.11. The molecule has 0 radical (unpaired) electrons. The Kier molecular flexibility index (Phi) is 3.66. The first-order valence-corrected chi connectivity index (χ1v) is 7.64. The Hall–Kier alpha value is -3.10. The summed E-state index contributed by atoms with van der Waals surface area (Å²) in [5.74, 6) is 0. The van der Waals surface area contributed by atoms with Crippen molar-refractivity contribution in [3.8, 4) is 11.1 Å². The van der Waals surface area contributed by atoms with Crippen LogP contribution in [0.2, 0.25) is 0 Å². The zero-order valence-corrected chi connectivity index (χ0v) is 13.3. The SMILES string of the molecule is FC(F)(F)c1cc(-c2cc3[nH]cncc3c3ccnc23)cc(C(F)(F)F)c1. The van der Waals surface area contributed by atoms with Crippen LogP contribution in [0, 0.1) is 0 Å². The first-order chi connectivity index (χ1) is 12.6. The molecule has 0 bridgehead atoms. The minimum atomic E-state index is -4.92. The van der Waals surface area contributed by atoms with Gasteiger partial charge in [0.1, 0.15) is 0 Å².